The molecule has 0 aliphatic carbocycles. The largest absolute Gasteiger partial charge is 0.393 e. The van der Waals surface area contributed by atoms with Crippen molar-refractivity contribution >= 4 is 5.91 Å². The summed E-state index contributed by atoms with van der Waals surface area (Å²) in [4.78, 5) is 13.4. The molecule has 0 aromatic carbocycles. The van der Waals surface area contributed by atoms with Crippen molar-refractivity contribution in [3.8, 4) is 0 Å². The number of rotatable bonds is 1. The van der Waals surface area contributed by atoms with Gasteiger partial charge in [0.1, 0.15) is 0 Å². The van der Waals surface area contributed by atoms with E-state index < -0.39 is 0 Å². The molecule has 3 nitrogen and oxygen atoms in total. The first-order valence-corrected chi connectivity index (χ1v) is 4.75. The molecule has 1 aliphatic heterocycles. The molecule has 1 heterocycles. The number of nitrogens with zero attached hydrogens (tertiary/aromatic N) is 1. The van der Waals surface area contributed by atoms with Gasteiger partial charge in [-0.3, -0.25) is 4.79 Å². The monoisotopic (exact) mass is 183 g/mol. The lowest BCUT2D eigenvalue weighted by atomic mass is 10.1. The molecule has 0 atom stereocenters. The molecule has 13 heavy (non-hydrogen) atoms. The van der Waals surface area contributed by atoms with Crippen LogP contribution in [0.15, 0.2) is 11.6 Å². The highest BCUT2D eigenvalue weighted by atomic mass is 16.3. The van der Waals surface area contributed by atoms with Gasteiger partial charge in [-0.15, -0.1) is 0 Å². The van der Waals surface area contributed by atoms with E-state index in [4.69, 9.17) is 0 Å². The highest BCUT2D eigenvalue weighted by Gasteiger charge is 2.21. The number of carbonyl (C=O) groups is 1. The molecule has 1 N–H and O–H groups in total. The smallest absolute Gasteiger partial charge is 0.249 e. The molecule has 1 rings (SSSR count). The lowest BCUT2D eigenvalue weighted by Gasteiger charge is -2.29. The van der Waals surface area contributed by atoms with Gasteiger partial charge in [0.15, 0.2) is 0 Å². The van der Waals surface area contributed by atoms with Gasteiger partial charge in [-0.2, -0.15) is 0 Å². The first-order valence-electron chi connectivity index (χ1n) is 4.75. The molecule has 3 heteroatoms. The summed E-state index contributed by atoms with van der Waals surface area (Å²) in [5, 5.41) is 9.25. The van der Waals surface area contributed by atoms with E-state index in [1.54, 1.807) is 0 Å². The Hall–Kier alpha value is -0.830. The fraction of sp³-hybridized carbons (Fsp3) is 0.700. The first kappa shape index (κ1) is 10.3. The Morgan fingerprint density at radius 1 is 1.46 bits per heavy atom. The Morgan fingerprint density at radius 3 is 2.46 bits per heavy atom. The maximum atomic E-state index is 11.6. The van der Waals surface area contributed by atoms with Gasteiger partial charge >= 0.3 is 0 Å². The maximum absolute atomic E-state index is 11.6. The Kier molecular flexibility index (Phi) is 3.48. The van der Waals surface area contributed by atoms with E-state index in [0.717, 1.165) is 5.57 Å². The minimum atomic E-state index is -0.213. The Balaban J connectivity index is 2.50. The normalized spacial score (nSPS) is 20.5. The fourth-order valence-corrected chi connectivity index (χ4v) is 1.44. The molecule has 74 valence electrons. The van der Waals surface area contributed by atoms with Crippen molar-refractivity contribution in [2.24, 2.45) is 0 Å². The maximum Gasteiger partial charge on any atom is 0.249 e. The molecule has 0 unspecified atom stereocenters. The van der Waals surface area contributed by atoms with Gasteiger partial charge in [-0.25, -0.2) is 0 Å². The van der Waals surface area contributed by atoms with Crippen molar-refractivity contribution in [2.75, 3.05) is 13.1 Å². The number of carbonyl (C=O) groups excluding carboxylic acids is 1. The lowest BCUT2D eigenvalue weighted by molar-refractivity contribution is -0.129. The second-order valence-electron chi connectivity index (χ2n) is 3.50. The molecule has 0 aromatic rings. The summed E-state index contributed by atoms with van der Waals surface area (Å²) in [5.41, 5.74) is 0.788. The number of piperidine rings is 1. The van der Waals surface area contributed by atoms with Crippen LogP contribution in [0, 0.1) is 0 Å². The summed E-state index contributed by atoms with van der Waals surface area (Å²) in [6.45, 7) is 5.07. The molecule has 0 aromatic heterocycles. The van der Waals surface area contributed by atoms with E-state index in [2.05, 4.69) is 0 Å². The van der Waals surface area contributed by atoms with Gasteiger partial charge in [0.2, 0.25) is 5.91 Å². The molecule has 1 saturated heterocycles. The number of aliphatic hydroxyl groups is 1. The van der Waals surface area contributed by atoms with Crippen LogP contribution in [-0.4, -0.2) is 35.1 Å². The number of amides is 1. The Labute approximate surface area is 79.0 Å². The Morgan fingerprint density at radius 2 is 2.00 bits per heavy atom. The second-order valence-corrected chi connectivity index (χ2v) is 3.50. The number of hydrogen-bond acceptors (Lipinski definition) is 2. The standard InChI is InChI=1S/C10H17NO2/c1-3-8(2)10(13)11-6-4-9(12)5-7-11/h3,9,12H,4-7H2,1-2H3/b8-3+. The zero-order chi connectivity index (χ0) is 9.84. The van der Waals surface area contributed by atoms with Crippen LogP contribution in [0.4, 0.5) is 0 Å². The SMILES string of the molecule is C/C=C(\C)C(=O)N1CCC(O)CC1. The zero-order valence-corrected chi connectivity index (χ0v) is 8.29. The summed E-state index contributed by atoms with van der Waals surface area (Å²) in [6.07, 6.45) is 3.04. The van der Waals surface area contributed by atoms with Crippen LogP contribution in [-0.2, 0) is 4.79 Å². The molecule has 0 saturated carbocycles. The molecular weight excluding hydrogens is 166 g/mol. The van der Waals surface area contributed by atoms with Crippen LogP contribution >= 0.6 is 0 Å². The van der Waals surface area contributed by atoms with E-state index in [9.17, 15) is 9.90 Å². The molecule has 1 aliphatic rings. The van der Waals surface area contributed by atoms with Crippen molar-refractivity contribution in [1.29, 1.82) is 0 Å². The van der Waals surface area contributed by atoms with Gasteiger partial charge < -0.3 is 10.0 Å². The molecule has 0 spiro atoms. The van der Waals surface area contributed by atoms with Crippen molar-refractivity contribution in [2.45, 2.75) is 32.8 Å². The van der Waals surface area contributed by atoms with E-state index in [0.29, 0.717) is 25.9 Å². The summed E-state index contributed by atoms with van der Waals surface area (Å²) in [7, 11) is 0. The van der Waals surface area contributed by atoms with Crippen LogP contribution in [0.1, 0.15) is 26.7 Å². The number of likely N-dealkylation sites (tertiary alicyclic amines) is 1. The predicted molar refractivity (Wildman–Crippen MR) is 51.3 cm³/mol. The van der Waals surface area contributed by atoms with E-state index >= 15 is 0 Å². The third-order valence-electron chi connectivity index (χ3n) is 2.52. The quantitative estimate of drug-likeness (QED) is 0.614. The van der Waals surface area contributed by atoms with E-state index in [1.165, 1.54) is 0 Å². The van der Waals surface area contributed by atoms with Crippen molar-refractivity contribution < 1.29 is 9.90 Å². The van der Waals surface area contributed by atoms with Crippen LogP contribution in [0.3, 0.4) is 0 Å². The highest BCUT2D eigenvalue weighted by Crippen LogP contribution is 2.12. The molecule has 0 radical (unpaired) electrons. The summed E-state index contributed by atoms with van der Waals surface area (Å²) in [6, 6.07) is 0. The van der Waals surface area contributed by atoms with Crippen LogP contribution in [0.25, 0.3) is 0 Å². The molecular formula is C10H17NO2. The van der Waals surface area contributed by atoms with Gasteiger partial charge in [0.05, 0.1) is 6.10 Å². The van der Waals surface area contributed by atoms with E-state index in [-0.39, 0.29) is 12.0 Å². The fourth-order valence-electron chi connectivity index (χ4n) is 1.44. The average Bonchev–Trinajstić information content (AvgIpc) is 2.17. The van der Waals surface area contributed by atoms with E-state index in [1.807, 2.05) is 24.8 Å². The predicted octanol–water partition coefficient (Wildman–Crippen LogP) is 0.936. The molecule has 1 amide bonds. The summed E-state index contributed by atoms with van der Waals surface area (Å²) < 4.78 is 0. The minimum Gasteiger partial charge on any atom is -0.393 e. The number of aliphatic hydroxyl groups excluding tert-OH is 1. The lowest BCUT2D eigenvalue weighted by Crippen LogP contribution is -2.40. The van der Waals surface area contributed by atoms with Gasteiger partial charge in [-0.1, -0.05) is 6.08 Å². The first-order chi connectivity index (χ1) is 6.15. The minimum absolute atomic E-state index is 0.106. The highest BCUT2D eigenvalue weighted by molar-refractivity contribution is 5.92. The molecule has 1 fully saturated rings. The van der Waals surface area contributed by atoms with Gasteiger partial charge in [0.25, 0.3) is 0 Å². The third kappa shape index (κ3) is 2.56. The van der Waals surface area contributed by atoms with Gasteiger partial charge in [-0.05, 0) is 26.7 Å². The average molecular weight is 183 g/mol. The van der Waals surface area contributed by atoms with Crippen molar-refractivity contribution in [3.05, 3.63) is 11.6 Å². The zero-order valence-electron chi connectivity index (χ0n) is 8.29. The number of allylic oxidation sites excluding steroid dienone is 1. The number of hydrogen-bond donors (Lipinski definition) is 1. The third-order valence-corrected chi connectivity index (χ3v) is 2.52. The summed E-state index contributed by atoms with van der Waals surface area (Å²) >= 11 is 0. The summed E-state index contributed by atoms with van der Waals surface area (Å²) in [5.74, 6) is 0.106. The Bertz CT molecular complexity index is 215. The van der Waals surface area contributed by atoms with Gasteiger partial charge in [0, 0.05) is 18.7 Å². The van der Waals surface area contributed by atoms with Crippen molar-refractivity contribution in [1.82, 2.24) is 4.90 Å². The van der Waals surface area contributed by atoms with Crippen LogP contribution in [0.2, 0.25) is 0 Å². The molecule has 0 bridgehead atoms. The van der Waals surface area contributed by atoms with Crippen LogP contribution < -0.4 is 0 Å². The second kappa shape index (κ2) is 4.42. The van der Waals surface area contributed by atoms with Crippen LogP contribution in [0.5, 0.6) is 0 Å². The topological polar surface area (TPSA) is 40.5 Å². The van der Waals surface area contributed by atoms with Crippen molar-refractivity contribution in [3.63, 3.8) is 0 Å².